The minimum atomic E-state index is -1.45. The molecule has 7 heteroatoms. The largest absolute Gasteiger partial charge is 0.336 e. The van der Waals surface area contributed by atoms with E-state index in [-0.39, 0.29) is 24.8 Å². The van der Waals surface area contributed by atoms with E-state index in [1.165, 1.54) is 0 Å². The summed E-state index contributed by atoms with van der Waals surface area (Å²) < 4.78 is 18.9. The highest BCUT2D eigenvalue weighted by Crippen LogP contribution is 2.30. The molecule has 1 aliphatic heterocycles. The van der Waals surface area contributed by atoms with Crippen molar-refractivity contribution in [1.82, 2.24) is 15.5 Å². The molecule has 2 heterocycles. The summed E-state index contributed by atoms with van der Waals surface area (Å²) >= 11 is 1.59. The number of alkyl halides is 1. The Morgan fingerprint density at radius 3 is 3.07 bits per heavy atom. The number of hydrogen-bond donors (Lipinski definition) is 1. The van der Waals surface area contributed by atoms with Gasteiger partial charge in [-0.3, -0.25) is 0 Å². The van der Waals surface area contributed by atoms with Crippen LogP contribution in [-0.2, 0) is 11.4 Å². The highest BCUT2D eigenvalue weighted by Gasteiger charge is 2.41. The van der Waals surface area contributed by atoms with Crippen molar-refractivity contribution in [3.8, 4) is 0 Å². The molecule has 1 fully saturated rings. The molecule has 1 N–H and O–H groups in total. The summed E-state index contributed by atoms with van der Waals surface area (Å²) in [6.07, 6.45) is 2.35. The molecule has 1 aliphatic rings. The second-order valence-electron chi connectivity index (χ2n) is 3.34. The number of thioether (sulfide) groups is 1. The summed E-state index contributed by atoms with van der Waals surface area (Å²) in [5.74, 6) is 1.34. The van der Waals surface area contributed by atoms with Crippen LogP contribution in [-0.4, -0.2) is 29.5 Å². The smallest absolute Gasteiger partial charge is 0.265 e. The average Bonchev–Trinajstić information content (AvgIpc) is 2.75. The normalized spacial score (nSPS) is 25.2. The molecule has 1 atom stereocenters. The lowest BCUT2D eigenvalue weighted by molar-refractivity contribution is 0.133. The van der Waals surface area contributed by atoms with Gasteiger partial charge in [-0.15, -0.1) is 12.4 Å². The maximum absolute atomic E-state index is 14.0. The zero-order valence-electron chi connectivity index (χ0n) is 8.33. The Hall–Kier alpha value is -0.330. The summed E-state index contributed by atoms with van der Waals surface area (Å²) in [7, 11) is 0. The van der Waals surface area contributed by atoms with E-state index in [0.29, 0.717) is 24.5 Å². The first-order valence-corrected chi connectivity index (χ1v) is 5.86. The van der Waals surface area contributed by atoms with E-state index in [4.69, 9.17) is 4.52 Å². The predicted octanol–water partition coefficient (Wildman–Crippen LogP) is 1.51. The van der Waals surface area contributed by atoms with Crippen molar-refractivity contribution in [2.45, 2.75) is 17.8 Å². The molecule has 4 nitrogen and oxygen atoms in total. The second-order valence-corrected chi connectivity index (χ2v) is 4.21. The molecule has 0 amide bonds. The zero-order chi connectivity index (χ0) is 10.0. The van der Waals surface area contributed by atoms with Gasteiger partial charge in [0.2, 0.25) is 5.67 Å². The third-order valence-corrected chi connectivity index (χ3v) is 2.77. The lowest BCUT2D eigenvalue weighted by atomic mass is 10.1. The lowest BCUT2D eigenvalue weighted by Gasteiger charge is -2.10. The minimum Gasteiger partial charge on any atom is -0.336 e. The Kier molecular flexibility index (Phi) is 4.36. The minimum absolute atomic E-state index is 0. The van der Waals surface area contributed by atoms with Crippen molar-refractivity contribution in [2.75, 3.05) is 19.3 Å². The number of nitrogens with one attached hydrogen (secondary N) is 1. The van der Waals surface area contributed by atoms with Gasteiger partial charge in [0.05, 0.1) is 5.75 Å². The van der Waals surface area contributed by atoms with E-state index in [0.717, 1.165) is 0 Å². The fourth-order valence-electron chi connectivity index (χ4n) is 1.47. The maximum atomic E-state index is 14.0. The first-order valence-electron chi connectivity index (χ1n) is 4.46. The van der Waals surface area contributed by atoms with Gasteiger partial charge >= 0.3 is 0 Å². The van der Waals surface area contributed by atoms with Gasteiger partial charge in [-0.05, 0) is 12.8 Å². The van der Waals surface area contributed by atoms with E-state index in [9.17, 15) is 4.39 Å². The van der Waals surface area contributed by atoms with Crippen molar-refractivity contribution in [3.63, 3.8) is 0 Å². The van der Waals surface area contributed by atoms with Gasteiger partial charge in [0, 0.05) is 13.0 Å². The summed E-state index contributed by atoms with van der Waals surface area (Å²) in [6.45, 7) is 0.935. The topological polar surface area (TPSA) is 51.0 Å². The van der Waals surface area contributed by atoms with Crippen LogP contribution in [0.1, 0.15) is 18.1 Å². The Bertz CT molecular complexity index is 317. The van der Waals surface area contributed by atoms with E-state index in [2.05, 4.69) is 15.5 Å². The van der Waals surface area contributed by atoms with Gasteiger partial charge < -0.3 is 9.84 Å². The van der Waals surface area contributed by atoms with Crippen molar-refractivity contribution in [1.29, 1.82) is 0 Å². The Morgan fingerprint density at radius 2 is 2.47 bits per heavy atom. The van der Waals surface area contributed by atoms with Crippen LogP contribution < -0.4 is 5.32 Å². The molecule has 1 aromatic heterocycles. The first-order chi connectivity index (χ1) is 6.74. The summed E-state index contributed by atoms with van der Waals surface area (Å²) in [4.78, 5) is 4.04. The zero-order valence-corrected chi connectivity index (χ0v) is 9.96. The molecule has 0 spiro atoms. The summed E-state index contributed by atoms with van der Waals surface area (Å²) in [5.41, 5.74) is -1.45. The van der Waals surface area contributed by atoms with Crippen LogP contribution in [0.4, 0.5) is 4.39 Å². The van der Waals surface area contributed by atoms with E-state index in [1.807, 2.05) is 6.26 Å². The summed E-state index contributed by atoms with van der Waals surface area (Å²) in [5, 5.41) is 6.67. The molecule has 0 aliphatic carbocycles. The van der Waals surface area contributed by atoms with Crippen LogP contribution in [0.25, 0.3) is 0 Å². The van der Waals surface area contributed by atoms with Gasteiger partial charge in [0.25, 0.3) is 5.89 Å². The molecule has 0 aromatic carbocycles. The third kappa shape index (κ3) is 2.62. The molecular formula is C8H13ClFN3OS. The highest BCUT2D eigenvalue weighted by molar-refractivity contribution is 7.97. The van der Waals surface area contributed by atoms with E-state index in [1.54, 1.807) is 11.8 Å². The molecule has 2 rings (SSSR count). The lowest BCUT2D eigenvalue weighted by Crippen LogP contribution is -2.23. The van der Waals surface area contributed by atoms with Gasteiger partial charge in [0.1, 0.15) is 0 Å². The molecule has 15 heavy (non-hydrogen) atoms. The predicted molar refractivity (Wildman–Crippen MR) is 59.0 cm³/mol. The molecule has 0 saturated carbocycles. The van der Waals surface area contributed by atoms with Crippen LogP contribution >= 0.6 is 24.2 Å². The number of rotatable bonds is 3. The second kappa shape index (κ2) is 5.14. The van der Waals surface area contributed by atoms with Crippen molar-refractivity contribution in [2.24, 2.45) is 0 Å². The van der Waals surface area contributed by atoms with Gasteiger partial charge in [-0.25, -0.2) is 4.39 Å². The molecule has 1 saturated heterocycles. The number of hydrogen-bond acceptors (Lipinski definition) is 5. The monoisotopic (exact) mass is 253 g/mol. The number of aromatic nitrogens is 2. The highest BCUT2D eigenvalue weighted by atomic mass is 35.5. The maximum Gasteiger partial charge on any atom is 0.265 e. The third-order valence-electron chi connectivity index (χ3n) is 2.23. The van der Waals surface area contributed by atoms with Crippen molar-refractivity contribution in [3.05, 3.63) is 11.7 Å². The van der Waals surface area contributed by atoms with Gasteiger partial charge in [0.15, 0.2) is 5.82 Å². The standard InChI is InChI=1S/C8H12FN3OS.ClH/c1-14-4-6-11-7(13-12-6)8(9)2-3-10-5-8;/h10H,2-5H2,1H3;1H. The molecule has 1 unspecified atom stereocenters. The molecule has 86 valence electrons. The fraction of sp³-hybridized carbons (Fsp3) is 0.750. The Balaban J connectivity index is 0.00000112. The SMILES string of the molecule is CSCc1noc(C2(F)CCNC2)n1.Cl. The Morgan fingerprint density at radius 1 is 1.67 bits per heavy atom. The fourth-order valence-corrected chi connectivity index (χ4v) is 1.84. The van der Waals surface area contributed by atoms with E-state index < -0.39 is 5.67 Å². The van der Waals surface area contributed by atoms with Crippen LogP contribution in [0, 0.1) is 0 Å². The molecule has 1 aromatic rings. The van der Waals surface area contributed by atoms with Gasteiger partial charge in [-0.1, -0.05) is 5.16 Å². The Labute approximate surface area is 97.8 Å². The number of nitrogens with zero attached hydrogens (tertiary/aromatic N) is 2. The molecule has 0 radical (unpaired) electrons. The van der Waals surface area contributed by atoms with Crippen molar-refractivity contribution >= 4 is 24.2 Å². The van der Waals surface area contributed by atoms with Crippen molar-refractivity contribution < 1.29 is 8.91 Å². The van der Waals surface area contributed by atoms with Crippen LogP contribution in [0.2, 0.25) is 0 Å². The van der Waals surface area contributed by atoms with E-state index >= 15 is 0 Å². The summed E-state index contributed by atoms with van der Waals surface area (Å²) in [6, 6.07) is 0. The van der Waals surface area contributed by atoms with Crippen LogP contribution in [0.5, 0.6) is 0 Å². The number of halogens is 2. The average molecular weight is 254 g/mol. The molecular weight excluding hydrogens is 241 g/mol. The van der Waals surface area contributed by atoms with Crippen LogP contribution in [0.3, 0.4) is 0 Å². The first kappa shape index (κ1) is 12.7. The van der Waals surface area contributed by atoms with Gasteiger partial charge in [-0.2, -0.15) is 16.7 Å². The quantitative estimate of drug-likeness (QED) is 0.885. The van der Waals surface area contributed by atoms with Crippen LogP contribution in [0.15, 0.2) is 4.52 Å². The molecule has 0 bridgehead atoms.